The second-order valence-electron chi connectivity index (χ2n) is 6.52. The lowest BCUT2D eigenvalue weighted by Crippen LogP contribution is -2.37. The normalized spacial score (nSPS) is 12.6. The summed E-state index contributed by atoms with van der Waals surface area (Å²) in [6, 6.07) is 7.03. The number of hydrogen-bond donors (Lipinski definition) is 0. The van der Waals surface area contributed by atoms with Gasteiger partial charge in [-0.2, -0.15) is 8.42 Å². The van der Waals surface area contributed by atoms with Gasteiger partial charge in [0.2, 0.25) is 5.91 Å². The molecule has 0 N–H and O–H groups in total. The Morgan fingerprint density at radius 3 is 2.28 bits per heavy atom. The summed E-state index contributed by atoms with van der Waals surface area (Å²) in [6.07, 6.45) is 6.84. The van der Waals surface area contributed by atoms with Crippen LogP contribution < -0.4 is 4.18 Å². The molecule has 0 heterocycles. The Bertz CT molecular complexity index is 625. The van der Waals surface area contributed by atoms with Gasteiger partial charge in [-0.25, -0.2) is 0 Å². The number of nitrogens with zero attached hydrogens (tertiary/aromatic N) is 1. The van der Waals surface area contributed by atoms with Gasteiger partial charge in [0.15, 0.2) is 0 Å². The van der Waals surface area contributed by atoms with E-state index in [1.165, 1.54) is 6.42 Å². The SMILES string of the molecule is CCCCCCC(=O)N(Cc1ccc(OS(C)(=O)=O)cc1)[C@@H](C)CC. The molecule has 0 aliphatic heterocycles. The smallest absolute Gasteiger partial charge is 0.306 e. The topological polar surface area (TPSA) is 63.7 Å². The Morgan fingerprint density at radius 2 is 1.76 bits per heavy atom. The molecule has 0 spiro atoms. The Kier molecular flexibility index (Phi) is 8.97. The van der Waals surface area contributed by atoms with E-state index in [4.69, 9.17) is 4.18 Å². The maximum Gasteiger partial charge on any atom is 0.306 e. The zero-order valence-electron chi connectivity index (χ0n) is 15.8. The highest BCUT2D eigenvalue weighted by molar-refractivity contribution is 7.86. The van der Waals surface area contributed by atoms with Crippen molar-refractivity contribution in [2.75, 3.05) is 6.26 Å². The van der Waals surface area contributed by atoms with Crippen molar-refractivity contribution in [1.82, 2.24) is 4.90 Å². The molecule has 0 fully saturated rings. The van der Waals surface area contributed by atoms with Crippen molar-refractivity contribution in [2.24, 2.45) is 0 Å². The minimum Gasteiger partial charge on any atom is -0.383 e. The van der Waals surface area contributed by atoms with Crippen LogP contribution in [0.3, 0.4) is 0 Å². The highest BCUT2D eigenvalue weighted by Crippen LogP contribution is 2.18. The Hall–Kier alpha value is -1.56. The summed E-state index contributed by atoms with van der Waals surface area (Å²) in [7, 11) is -3.52. The third kappa shape index (κ3) is 8.38. The van der Waals surface area contributed by atoms with Gasteiger partial charge in [-0.15, -0.1) is 0 Å². The van der Waals surface area contributed by atoms with E-state index < -0.39 is 10.1 Å². The van der Waals surface area contributed by atoms with Gasteiger partial charge in [-0.3, -0.25) is 4.79 Å². The molecule has 1 amide bonds. The van der Waals surface area contributed by atoms with Crippen LogP contribution in [0, 0.1) is 0 Å². The summed E-state index contributed by atoms with van der Waals surface area (Å²) >= 11 is 0. The lowest BCUT2D eigenvalue weighted by atomic mass is 10.1. The van der Waals surface area contributed by atoms with Crippen molar-refractivity contribution in [3.8, 4) is 5.75 Å². The summed E-state index contributed by atoms with van der Waals surface area (Å²) in [5, 5.41) is 0. The van der Waals surface area contributed by atoms with E-state index in [1.807, 2.05) is 4.90 Å². The molecule has 0 bridgehead atoms. The number of hydrogen-bond acceptors (Lipinski definition) is 4. The zero-order chi connectivity index (χ0) is 18.9. The van der Waals surface area contributed by atoms with Crippen LogP contribution in [0.25, 0.3) is 0 Å². The molecular formula is C19H31NO4S. The van der Waals surface area contributed by atoms with Gasteiger partial charge in [0, 0.05) is 19.0 Å². The van der Waals surface area contributed by atoms with E-state index in [2.05, 4.69) is 20.8 Å². The van der Waals surface area contributed by atoms with Crippen molar-refractivity contribution >= 4 is 16.0 Å². The monoisotopic (exact) mass is 369 g/mol. The number of carbonyl (C=O) groups is 1. The molecule has 0 aliphatic carbocycles. The van der Waals surface area contributed by atoms with Crippen LogP contribution in [0.15, 0.2) is 24.3 Å². The predicted octanol–water partition coefficient (Wildman–Crippen LogP) is 4.12. The number of carbonyl (C=O) groups excluding carboxylic acids is 1. The second-order valence-corrected chi connectivity index (χ2v) is 8.10. The van der Waals surface area contributed by atoms with E-state index in [9.17, 15) is 13.2 Å². The Balaban J connectivity index is 2.72. The lowest BCUT2D eigenvalue weighted by molar-refractivity contribution is -0.134. The van der Waals surface area contributed by atoms with Crippen molar-refractivity contribution in [3.05, 3.63) is 29.8 Å². The average molecular weight is 370 g/mol. The molecule has 0 aromatic heterocycles. The van der Waals surface area contributed by atoms with E-state index in [-0.39, 0.29) is 17.7 Å². The van der Waals surface area contributed by atoms with Gasteiger partial charge in [-0.1, -0.05) is 45.2 Å². The molecule has 142 valence electrons. The fourth-order valence-corrected chi connectivity index (χ4v) is 3.04. The van der Waals surface area contributed by atoms with Crippen LogP contribution in [0.5, 0.6) is 5.75 Å². The van der Waals surface area contributed by atoms with Crippen LogP contribution >= 0.6 is 0 Å². The quantitative estimate of drug-likeness (QED) is 0.435. The minimum absolute atomic E-state index is 0.172. The second kappa shape index (κ2) is 10.4. The van der Waals surface area contributed by atoms with Crippen molar-refractivity contribution in [2.45, 2.75) is 71.9 Å². The number of rotatable bonds is 11. The summed E-state index contributed by atoms with van der Waals surface area (Å²) in [4.78, 5) is 14.5. The van der Waals surface area contributed by atoms with Crippen molar-refractivity contribution < 1.29 is 17.4 Å². The summed E-state index contributed by atoms with van der Waals surface area (Å²) in [5.74, 6) is 0.467. The molecule has 1 atom stereocenters. The number of benzene rings is 1. The highest BCUT2D eigenvalue weighted by atomic mass is 32.2. The maximum absolute atomic E-state index is 12.6. The van der Waals surface area contributed by atoms with E-state index >= 15 is 0 Å². The fraction of sp³-hybridized carbons (Fsp3) is 0.632. The van der Waals surface area contributed by atoms with Crippen LogP contribution in [-0.4, -0.2) is 31.5 Å². The molecule has 6 heteroatoms. The molecule has 1 rings (SSSR count). The van der Waals surface area contributed by atoms with Crippen molar-refractivity contribution in [3.63, 3.8) is 0 Å². The maximum atomic E-state index is 12.6. The van der Waals surface area contributed by atoms with Crippen LogP contribution in [0.4, 0.5) is 0 Å². The third-order valence-corrected chi connectivity index (χ3v) is 4.71. The van der Waals surface area contributed by atoms with Gasteiger partial charge in [0.25, 0.3) is 0 Å². The van der Waals surface area contributed by atoms with Gasteiger partial charge in [0.05, 0.1) is 6.26 Å². The molecule has 25 heavy (non-hydrogen) atoms. The first kappa shape index (κ1) is 21.5. The molecule has 0 unspecified atom stereocenters. The molecule has 1 aromatic carbocycles. The average Bonchev–Trinajstić information content (AvgIpc) is 2.55. The fourth-order valence-electron chi connectivity index (χ4n) is 2.58. The first-order valence-electron chi connectivity index (χ1n) is 9.04. The molecular weight excluding hydrogens is 338 g/mol. The minimum atomic E-state index is -3.52. The largest absolute Gasteiger partial charge is 0.383 e. The summed E-state index contributed by atoms with van der Waals surface area (Å²) < 4.78 is 27.2. The van der Waals surface area contributed by atoms with E-state index in [1.54, 1.807) is 24.3 Å². The van der Waals surface area contributed by atoms with E-state index in [0.29, 0.717) is 13.0 Å². The highest BCUT2D eigenvalue weighted by Gasteiger charge is 2.19. The van der Waals surface area contributed by atoms with Crippen LogP contribution in [0.1, 0.15) is 64.9 Å². The number of unbranched alkanes of at least 4 members (excludes halogenated alkanes) is 3. The van der Waals surface area contributed by atoms with Crippen LogP contribution in [0.2, 0.25) is 0 Å². The van der Waals surface area contributed by atoms with Gasteiger partial charge in [0.1, 0.15) is 5.75 Å². The molecule has 0 radical (unpaired) electrons. The van der Waals surface area contributed by atoms with E-state index in [0.717, 1.165) is 37.5 Å². The third-order valence-electron chi connectivity index (χ3n) is 4.21. The lowest BCUT2D eigenvalue weighted by Gasteiger charge is -2.29. The number of amides is 1. The first-order chi connectivity index (χ1) is 11.8. The molecule has 0 saturated heterocycles. The van der Waals surface area contributed by atoms with Gasteiger partial charge < -0.3 is 9.08 Å². The Morgan fingerprint density at radius 1 is 1.12 bits per heavy atom. The molecule has 0 saturated carbocycles. The molecule has 5 nitrogen and oxygen atoms in total. The zero-order valence-corrected chi connectivity index (χ0v) is 16.6. The molecule has 0 aliphatic rings. The summed E-state index contributed by atoms with van der Waals surface area (Å²) in [6.45, 7) is 6.82. The van der Waals surface area contributed by atoms with Crippen LogP contribution in [-0.2, 0) is 21.5 Å². The first-order valence-corrected chi connectivity index (χ1v) is 10.9. The molecule has 1 aromatic rings. The van der Waals surface area contributed by atoms with Gasteiger partial charge in [-0.05, 0) is 37.5 Å². The summed E-state index contributed by atoms with van der Waals surface area (Å²) in [5.41, 5.74) is 0.961. The van der Waals surface area contributed by atoms with Crippen molar-refractivity contribution in [1.29, 1.82) is 0 Å². The standard InChI is InChI=1S/C19H31NO4S/c1-5-7-8-9-10-19(21)20(16(3)6-2)15-17-11-13-18(14-12-17)24-25(4,22)23/h11-14,16H,5-10,15H2,1-4H3/t16-/m0/s1. The van der Waals surface area contributed by atoms with Gasteiger partial charge >= 0.3 is 10.1 Å². The Labute approximate surface area is 152 Å². The predicted molar refractivity (Wildman–Crippen MR) is 101 cm³/mol.